The van der Waals surface area contributed by atoms with Crippen molar-refractivity contribution in [2.24, 2.45) is 0 Å². The molecule has 0 aliphatic rings. The molecule has 5 heteroatoms. The Bertz CT molecular complexity index is 335. The summed E-state index contributed by atoms with van der Waals surface area (Å²) in [5.41, 5.74) is 0.235. The molecule has 0 aromatic heterocycles. The molecular weight excluding hydrogens is 222 g/mol. The maximum absolute atomic E-state index is 11.5. The van der Waals surface area contributed by atoms with Crippen molar-refractivity contribution in [1.82, 2.24) is 4.90 Å². The minimum Gasteiger partial charge on any atom is -0.405 e. The van der Waals surface area contributed by atoms with E-state index in [1.54, 1.807) is 21.0 Å². The lowest BCUT2D eigenvalue weighted by molar-refractivity contribution is -0.275. The van der Waals surface area contributed by atoms with Gasteiger partial charge in [-0.25, -0.2) is 14.5 Å². The fourth-order valence-electron chi connectivity index (χ4n) is 1.09. The first-order valence-electron chi connectivity index (χ1n) is 5.20. The standard InChI is InChI=1S/C12H19NO4/c1-7-10(14)16-12(8-2,13(5)6)17-11(15)9(3)4/h7H,1,3,8H2,2,4-6H3. The summed E-state index contributed by atoms with van der Waals surface area (Å²) in [4.78, 5) is 24.3. The number of nitrogens with zero attached hydrogens (tertiary/aromatic N) is 1. The van der Waals surface area contributed by atoms with Crippen molar-refractivity contribution in [2.75, 3.05) is 14.1 Å². The Hall–Kier alpha value is -1.62. The van der Waals surface area contributed by atoms with Crippen LogP contribution in [0.25, 0.3) is 0 Å². The lowest BCUT2D eigenvalue weighted by Crippen LogP contribution is -2.51. The predicted octanol–water partition coefficient (Wildman–Crippen LogP) is 1.46. The lowest BCUT2D eigenvalue weighted by Gasteiger charge is -2.36. The van der Waals surface area contributed by atoms with Crippen LogP contribution >= 0.6 is 0 Å². The second-order valence-electron chi connectivity index (χ2n) is 3.76. The van der Waals surface area contributed by atoms with E-state index < -0.39 is 17.8 Å². The molecule has 1 atom stereocenters. The van der Waals surface area contributed by atoms with Gasteiger partial charge in [0.25, 0.3) is 0 Å². The minimum atomic E-state index is -1.43. The second kappa shape index (κ2) is 6.20. The third-order valence-electron chi connectivity index (χ3n) is 2.16. The fraction of sp³-hybridized carbons (Fsp3) is 0.500. The highest BCUT2D eigenvalue weighted by Gasteiger charge is 2.39. The summed E-state index contributed by atoms with van der Waals surface area (Å²) in [6, 6.07) is 0. The van der Waals surface area contributed by atoms with Crippen LogP contribution in [0.3, 0.4) is 0 Å². The zero-order valence-electron chi connectivity index (χ0n) is 10.8. The Balaban J connectivity index is 5.07. The summed E-state index contributed by atoms with van der Waals surface area (Å²) in [5.74, 6) is -2.70. The Kier molecular flexibility index (Phi) is 5.61. The van der Waals surface area contributed by atoms with Crippen LogP contribution in [0.15, 0.2) is 24.8 Å². The maximum Gasteiger partial charge on any atom is 0.337 e. The molecule has 17 heavy (non-hydrogen) atoms. The summed E-state index contributed by atoms with van der Waals surface area (Å²) < 4.78 is 10.3. The molecule has 0 aromatic carbocycles. The van der Waals surface area contributed by atoms with Crippen LogP contribution in [0.5, 0.6) is 0 Å². The normalized spacial score (nSPS) is 13.7. The largest absolute Gasteiger partial charge is 0.405 e. The van der Waals surface area contributed by atoms with Crippen LogP contribution < -0.4 is 0 Å². The number of hydrogen-bond acceptors (Lipinski definition) is 5. The molecule has 0 saturated heterocycles. The molecule has 0 aliphatic carbocycles. The summed E-state index contributed by atoms with van der Waals surface area (Å²) in [5, 5.41) is 0. The van der Waals surface area contributed by atoms with E-state index in [0.717, 1.165) is 6.08 Å². The van der Waals surface area contributed by atoms with E-state index in [0.29, 0.717) is 6.42 Å². The highest BCUT2D eigenvalue weighted by Crippen LogP contribution is 2.22. The number of carbonyl (C=O) groups is 2. The first-order valence-corrected chi connectivity index (χ1v) is 5.20. The average molecular weight is 241 g/mol. The Morgan fingerprint density at radius 3 is 2.18 bits per heavy atom. The molecule has 0 radical (unpaired) electrons. The molecule has 96 valence electrons. The molecule has 5 nitrogen and oxygen atoms in total. The van der Waals surface area contributed by atoms with E-state index in [1.165, 1.54) is 11.8 Å². The molecule has 0 N–H and O–H groups in total. The first-order chi connectivity index (χ1) is 7.79. The van der Waals surface area contributed by atoms with Crippen molar-refractivity contribution in [3.8, 4) is 0 Å². The molecule has 0 rings (SSSR count). The Morgan fingerprint density at radius 1 is 1.35 bits per heavy atom. The van der Waals surface area contributed by atoms with Gasteiger partial charge in [0.1, 0.15) is 0 Å². The van der Waals surface area contributed by atoms with Crippen LogP contribution in [0.2, 0.25) is 0 Å². The summed E-state index contributed by atoms with van der Waals surface area (Å²) in [6.45, 7) is 10.0. The molecule has 0 amide bonds. The monoisotopic (exact) mass is 241 g/mol. The van der Waals surface area contributed by atoms with Crippen molar-refractivity contribution in [1.29, 1.82) is 0 Å². The van der Waals surface area contributed by atoms with E-state index in [-0.39, 0.29) is 5.57 Å². The molecule has 0 fully saturated rings. The third kappa shape index (κ3) is 4.03. The third-order valence-corrected chi connectivity index (χ3v) is 2.16. The van der Waals surface area contributed by atoms with Gasteiger partial charge in [0, 0.05) is 18.1 Å². The van der Waals surface area contributed by atoms with Gasteiger partial charge in [0.2, 0.25) is 0 Å². The van der Waals surface area contributed by atoms with Gasteiger partial charge in [-0.15, -0.1) is 0 Å². The second-order valence-corrected chi connectivity index (χ2v) is 3.76. The number of ether oxygens (including phenoxy) is 2. The van der Waals surface area contributed by atoms with E-state index in [9.17, 15) is 9.59 Å². The Morgan fingerprint density at radius 2 is 1.88 bits per heavy atom. The van der Waals surface area contributed by atoms with Gasteiger partial charge in [-0.05, 0) is 21.0 Å². The number of hydrogen-bond donors (Lipinski definition) is 0. The van der Waals surface area contributed by atoms with Gasteiger partial charge in [-0.3, -0.25) is 0 Å². The zero-order chi connectivity index (χ0) is 13.6. The summed E-state index contributed by atoms with van der Waals surface area (Å²) in [7, 11) is 3.29. The molecule has 0 heterocycles. The van der Waals surface area contributed by atoms with Crippen molar-refractivity contribution >= 4 is 11.9 Å². The first kappa shape index (κ1) is 15.4. The predicted molar refractivity (Wildman–Crippen MR) is 63.9 cm³/mol. The van der Waals surface area contributed by atoms with E-state index >= 15 is 0 Å². The quantitative estimate of drug-likeness (QED) is 0.400. The summed E-state index contributed by atoms with van der Waals surface area (Å²) in [6.07, 6.45) is 1.31. The van der Waals surface area contributed by atoms with E-state index in [4.69, 9.17) is 9.47 Å². The van der Waals surface area contributed by atoms with Crippen molar-refractivity contribution < 1.29 is 19.1 Å². The van der Waals surface area contributed by atoms with E-state index in [2.05, 4.69) is 13.2 Å². The zero-order valence-corrected chi connectivity index (χ0v) is 10.8. The van der Waals surface area contributed by atoms with Gasteiger partial charge in [0.15, 0.2) is 0 Å². The number of carbonyl (C=O) groups excluding carboxylic acids is 2. The molecule has 0 aliphatic heterocycles. The van der Waals surface area contributed by atoms with Gasteiger partial charge >= 0.3 is 17.8 Å². The van der Waals surface area contributed by atoms with Crippen LogP contribution in [0, 0.1) is 0 Å². The smallest absolute Gasteiger partial charge is 0.337 e. The highest BCUT2D eigenvalue weighted by atomic mass is 16.8. The van der Waals surface area contributed by atoms with Crippen molar-refractivity contribution in [2.45, 2.75) is 26.2 Å². The van der Waals surface area contributed by atoms with Gasteiger partial charge in [-0.1, -0.05) is 20.1 Å². The van der Waals surface area contributed by atoms with Gasteiger partial charge in [-0.2, -0.15) is 0 Å². The van der Waals surface area contributed by atoms with Crippen LogP contribution in [-0.2, 0) is 19.1 Å². The SMILES string of the molecule is C=CC(=O)OC(CC)(OC(=O)C(=C)C)N(C)C. The molecule has 0 spiro atoms. The van der Waals surface area contributed by atoms with Crippen LogP contribution in [-0.4, -0.2) is 36.8 Å². The maximum atomic E-state index is 11.5. The van der Waals surface area contributed by atoms with Gasteiger partial charge < -0.3 is 9.47 Å². The minimum absolute atomic E-state index is 0.235. The molecule has 1 unspecified atom stereocenters. The fourth-order valence-corrected chi connectivity index (χ4v) is 1.09. The van der Waals surface area contributed by atoms with Crippen LogP contribution in [0.4, 0.5) is 0 Å². The number of rotatable bonds is 6. The molecular formula is C12H19NO4. The molecule has 0 saturated carbocycles. The molecule has 0 bridgehead atoms. The van der Waals surface area contributed by atoms with E-state index in [1.807, 2.05) is 0 Å². The lowest BCUT2D eigenvalue weighted by atomic mass is 10.3. The summed E-state index contributed by atoms with van der Waals surface area (Å²) >= 11 is 0. The highest BCUT2D eigenvalue weighted by molar-refractivity contribution is 5.87. The average Bonchev–Trinajstić information content (AvgIpc) is 2.27. The molecule has 0 aromatic rings. The number of esters is 2. The van der Waals surface area contributed by atoms with Crippen molar-refractivity contribution in [3.05, 3.63) is 24.8 Å². The Labute approximate surface area is 102 Å². The van der Waals surface area contributed by atoms with Gasteiger partial charge in [0.05, 0.1) is 0 Å². The topological polar surface area (TPSA) is 55.8 Å². The van der Waals surface area contributed by atoms with Crippen molar-refractivity contribution in [3.63, 3.8) is 0 Å². The van der Waals surface area contributed by atoms with Crippen LogP contribution in [0.1, 0.15) is 20.3 Å².